The molecule has 0 spiro atoms. The van der Waals surface area contributed by atoms with Crippen LogP contribution in [0.25, 0.3) is 0 Å². The Hall–Kier alpha value is -1.39. The number of hydrogen-bond donors (Lipinski definition) is 0. The Morgan fingerprint density at radius 3 is 2.83 bits per heavy atom. The predicted octanol–water partition coefficient (Wildman–Crippen LogP) is 3.19. The van der Waals surface area contributed by atoms with Crippen molar-refractivity contribution in [2.24, 2.45) is 5.92 Å². The van der Waals surface area contributed by atoms with E-state index >= 15 is 0 Å². The van der Waals surface area contributed by atoms with Crippen LogP contribution in [0.4, 0.5) is 0 Å². The van der Waals surface area contributed by atoms with E-state index in [1.165, 1.54) is 25.7 Å². The highest BCUT2D eigenvalue weighted by molar-refractivity contribution is 5.76. The summed E-state index contributed by atoms with van der Waals surface area (Å²) in [6.07, 6.45) is 13.3. The third kappa shape index (κ3) is 4.12. The summed E-state index contributed by atoms with van der Waals surface area (Å²) in [5.74, 6) is 2.25. The molecule has 0 radical (unpaired) electrons. The summed E-state index contributed by atoms with van der Waals surface area (Å²) in [5.41, 5.74) is 0. The van der Waals surface area contributed by atoms with E-state index < -0.39 is 0 Å². The fourth-order valence-corrected chi connectivity index (χ4v) is 4.27. The topological polar surface area (TPSA) is 51.0 Å². The lowest BCUT2D eigenvalue weighted by Gasteiger charge is -2.25. The number of hydrogen-bond acceptors (Lipinski definition) is 3. The number of rotatable bonds is 7. The molecule has 2 fully saturated rings. The van der Waals surface area contributed by atoms with E-state index in [4.69, 9.17) is 0 Å². The Balaban J connectivity index is 1.47. The van der Waals surface area contributed by atoms with Crippen LogP contribution in [0.15, 0.2) is 6.33 Å². The minimum absolute atomic E-state index is 0.386. The van der Waals surface area contributed by atoms with E-state index in [9.17, 15) is 4.79 Å². The number of carbonyl (C=O) groups excluding carboxylic acids is 1. The van der Waals surface area contributed by atoms with Gasteiger partial charge in [0.25, 0.3) is 0 Å². The van der Waals surface area contributed by atoms with E-state index in [-0.39, 0.29) is 0 Å². The molecular weight excluding hydrogens is 288 g/mol. The lowest BCUT2D eigenvalue weighted by atomic mass is 10.0. The number of aryl methyl sites for hydroxylation is 2. The molecule has 1 aromatic heterocycles. The van der Waals surface area contributed by atoms with E-state index in [1.54, 1.807) is 6.33 Å². The standard InChI is InChI=1S/C18H30N4O/c1-2-21-14-19-20-17(21)11-10-16-8-5-13-22(16)18(23)12-9-15-6-3-4-7-15/h14-16H,2-13H2,1H3. The minimum atomic E-state index is 0.386. The molecule has 1 amide bonds. The fourth-order valence-electron chi connectivity index (χ4n) is 4.27. The zero-order valence-electron chi connectivity index (χ0n) is 14.4. The van der Waals surface area contributed by atoms with E-state index in [0.29, 0.717) is 11.9 Å². The van der Waals surface area contributed by atoms with Gasteiger partial charge in [0, 0.05) is 32.0 Å². The highest BCUT2D eigenvalue weighted by Crippen LogP contribution is 2.30. The van der Waals surface area contributed by atoms with Gasteiger partial charge in [-0.2, -0.15) is 0 Å². The van der Waals surface area contributed by atoms with Crippen LogP contribution in [0.3, 0.4) is 0 Å². The van der Waals surface area contributed by atoms with Gasteiger partial charge in [-0.25, -0.2) is 0 Å². The molecule has 1 saturated carbocycles. The fraction of sp³-hybridized carbons (Fsp3) is 0.833. The first-order chi connectivity index (χ1) is 11.3. The Morgan fingerprint density at radius 2 is 2.04 bits per heavy atom. The minimum Gasteiger partial charge on any atom is -0.340 e. The smallest absolute Gasteiger partial charge is 0.222 e. The number of carbonyl (C=O) groups is 1. The van der Waals surface area contributed by atoms with E-state index in [1.807, 2.05) is 0 Å². The van der Waals surface area contributed by atoms with Crippen molar-refractivity contribution in [2.75, 3.05) is 6.54 Å². The monoisotopic (exact) mass is 318 g/mol. The summed E-state index contributed by atoms with van der Waals surface area (Å²) >= 11 is 0. The lowest BCUT2D eigenvalue weighted by molar-refractivity contribution is -0.132. The molecular formula is C18H30N4O. The van der Waals surface area contributed by atoms with Crippen LogP contribution in [-0.4, -0.2) is 38.2 Å². The quantitative estimate of drug-likeness (QED) is 0.776. The molecule has 1 atom stereocenters. The van der Waals surface area contributed by atoms with Crippen LogP contribution in [0.2, 0.25) is 0 Å². The molecule has 23 heavy (non-hydrogen) atoms. The van der Waals surface area contributed by atoms with Crippen molar-refractivity contribution in [2.45, 2.75) is 83.7 Å². The summed E-state index contributed by atoms with van der Waals surface area (Å²) in [6.45, 7) is 3.98. The van der Waals surface area contributed by atoms with Crippen LogP contribution in [0.5, 0.6) is 0 Å². The van der Waals surface area contributed by atoms with Gasteiger partial charge in [-0.15, -0.1) is 10.2 Å². The van der Waals surface area contributed by atoms with Crippen LogP contribution in [-0.2, 0) is 17.8 Å². The molecule has 128 valence electrons. The van der Waals surface area contributed by atoms with E-state index in [2.05, 4.69) is 26.6 Å². The molecule has 1 aromatic rings. The van der Waals surface area contributed by atoms with Gasteiger partial charge in [0.1, 0.15) is 12.2 Å². The van der Waals surface area contributed by atoms with Crippen LogP contribution in [0, 0.1) is 5.92 Å². The molecule has 1 aliphatic heterocycles. The van der Waals surface area contributed by atoms with Crippen molar-refractivity contribution < 1.29 is 4.79 Å². The molecule has 5 nitrogen and oxygen atoms in total. The third-order valence-corrected chi connectivity index (χ3v) is 5.68. The number of likely N-dealkylation sites (tertiary alicyclic amines) is 1. The highest BCUT2D eigenvalue weighted by atomic mass is 16.2. The van der Waals surface area contributed by atoms with Crippen molar-refractivity contribution in [3.63, 3.8) is 0 Å². The average Bonchev–Trinajstić information content (AvgIpc) is 3.31. The summed E-state index contributed by atoms with van der Waals surface area (Å²) < 4.78 is 2.10. The van der Waals surface area contributed by atoms with E-state index in [0.717, 1.165) is 63.4 Å². The predicted molar refractivity (Wildman–Crippen MR) is 89.9 cm³/mol. The molecule has 1 aliphatic carbocycles. The zero-order valence-corrected chi connectivity index (χ0v) is 14.4. The van der Waals surface area contributed by atoms with Gasteiger partial charge in [-0.05, 0) is 38.5 Å². The van der Waals surface area contributed by atoms with Crippen molar-refractivity contribution in [3.8, 4) is 0 Å². The van der Waals surface area contributed by atoms with Gasteiger partial charge in [-0.3, -0.25) is 4.79 Å². The van der Waals surface area contributed by atoms with Gasteiger partial charge in [0.05, 0.1) is 0 Å². The molecule has 2 aliphatic rings. The average molecular weight is 318 g/mol. The Kier molecular flexibility index (Phi) is 5.68. The Labute approximate surface area is 139 Å². The largest absolute Gasteiger partial charge is 0.340 e. The number of aromatic nitrogens is 3. The molecule has 5 heteroatoms. The second-order valence-electron chi connectivity index (χ2n) is 7.14. The van der Waals surface area contributed by atoms with Crippen molar-refractivity contribution in [3.05, 3.63) is 12.2 Å². The molecule has 1 unspecified atom stereocenters. The van der Waals surface area contributed by atoms with Gasteiger partial charge in [0.15, 0.2) is 0 Å². The summed E-state index contributed by atoms with van der Waals surface area (Å²) in [7, 11) is 0. The molecule has 0 N–H and O–H groups in total. The molecule has 3 rings (SSSR count). The normalized spacial score (nSPS) is 22.1. The first kappa shape index (κ1) is 16.5. The summed E-state index contributed by atoms with van der Waals surface area (Å²) in [6, 6.07) is 0.410. The molecule has 0 aromatic carbocycles. The maximum absolute atomic E-state index is 12.6. The number of nitrogens with zero attached hydrogens (tertiary/aromatic N) is 4. The summed E-state index contributed by atoms with van der Waals surface area (Å²) in [5, 5.41) is 8.21. The van der Waals surface area contributed by atoms with Gasteiger partial charge >= 0.3 is 0 Å². The molecule has 1 saturated heterocycles. The molecule has 2 heterocycles. The maximum atomic E-state index is 12.6. The van der Waals surface area contributed by atoms with Crippen molar-refractivity contribution >= 4 is 5.91 Å². The second-order valence-corrected chi connectivity index (χ2v) is 7.14. The van der Waals surface area contributed by atoms with Gasteiger partial charge in [-0.1, -0.05) is 25.7 Å². The van der Waals surface area contributed by atoms with Crippen molar-refractivity contribution in [1.82, 2.24) is 19.7 Å². The Bertz CT molecular complexity index is 507. The van der Waals surface area contributed by atoms with Crippen LogP contribution in [0.1, 0.15) is 70.5 Å². The first-order valence-corrected chi connectivity index (χ1v) is 9.44. The Morgan fingerprint density at radius 1 is 1.22 bits per heavy atom. The third-order valence-electron chi connectivity index (χ3n) is 5.68. The highest BCUT2D eigenvalue weighted by Gasteiger charge is 2.29. The first-order valence-electron chi connectivity index (χ1n) is 9.44. The maximum Gasteiger partial charge on any atom is 0.222 e. The number of amides is 1. The van der Waals surface area contributed by atoms with Gasteiger partial charge < -0.3 is 9.47 Å². The van der Waals surface area contributed by atoms with Crippen LogP contribution >= 0.6 is 0 Å². The zero-order chi connectivity index (χ0) is 16.1. The molecule has 0 bridgehead atoms. The lowest BCUT2D eigenvalue weighted by Crippen LogP contribution is -2.36. The van der Waals surface area contributed by atoms with Crippen LogP contribution < -0.4 is 0 Å². The second kappa shape index (κ2) is 7.93. The SMILES string of the molecule is CCn1cnnc1CCC1CCCN1C(=O)CCC1CCCC1. The summed E-state index contributed by atoms with van der Waals surface area (Å²) in [4.78, 5) is 14.7. The van der Waals surface area contributed by atoms with Crippen molar-refractivity contribution in [1.29, 1.82) is 0 Å². The van der Waals surface area contributed by atoms with Gasteiger partial charge in [0.2, 0.25) is 5.91 Å².